The lowest BCUT2D eigenvalue weighted by molar-refractivity contribution is -0.137. The van der Waals surface area contributed by atoms with Crippen molar-refractivity contribution in [3.05, 3.63) is 47.3 Å². The van der Waals surface area contributed by atoms with Gasteiger partial charge in [-0.25, -0.2) is 9.37 Å². The van der Waals surface area contributed by atoms with Crippen molar-refractivity contribution in [2.24, 2.45) is 11.7 Å². The average Bonchev–Trinajstić information content (AvgIpc) is 2.92. The molecule has 0 unspecified atom stereocenters. The topological polar surface area (TPSA) is 120 Å². The zero-order valence-electron chi connectivity index (χ0n) is 21.4. The van der Waals surface area contributed by atoms with Gasteiger partial charge in [-0.2, -0.15) is 4.98 Å². The lowest BCUT2D eigenvalue weighted by Gasteiger charge is -2.43. The van der Waals surface area contributed by atoms with Crippen LogP contribution in [-0.2, 0) is 11.2 Å². The van der Waals surface area contributed by atoms with Gasteiger partial charge >= 0.3 is 0 Å². The fraction of sp³-hybridized carbons (Fsp3) is 0.444. The Hall–Kier alpha value is -3.66. The maximum absolute atomic E-state index is 15.3. The first-order valence-electron chi connectivity index (χ1n) is 12.6. The van der Waals surface area contributed by atoms with E-state index in [9.17, 15) is 4.79 Å². The number of nitrogens with two attached hydrogens (primary N) is 2. The fourth-order valence-corrected chi connectivity index (χ4v) is 5.64. The molecule has 0 radical (unpaired) electrons. The van der Waals surface area contributed by atoms with E-state index in [0.29, 0.717) is 31.0 Å². The molecule has 1 fully saturated rings. The standard InChI is InChI=1S/C27H33FN6O3/c1-4-16-14-33(26(35)18-10-9-15-7-5-6-8-17(15)22(18)29)11-12-34(16)27-31-23-19(25(30)32-27)13-20(36-2)24(37-3)21(23)28/h5-8,13,16,18,22H,4,9-12,14,29H2,1-3H3,(H2,30,31,32)/t16-,18+,22-/m0/s1. The van der Waals surface area contributed by atoms with Gasteiger partial charge in [0, 0.05) is 37.1 Å². The van der Waals surface area contributed by atoms with Gasteiger partial charge in [0.2, 0.25) is 11.9 Å². The maximum atomic E-state index is 15.3. The Kier molecular flexibility index (Phi) is 6.76. The van der Waals surface area contributed by atoms with E-state index in [1.54, 1.807) is 6.07 Å². The molecular weight excluding hydrogens is 475 g/mol. The molecule has 1 aromatic heterocycles. The number of aryl methyl sites for hydroxylation is 1. The number of fused-ring (bicyclic) bond motifs is 2. The van der Waals surface area contributed by atoms with Crippen LogP contribution < -0.4 is 25.8 Å². The molecule has 3 atom stereocenters. The van der Waals surface area contributed by atoms with Gasteiger partial charge in [-0.1, -0.05) is 31.2 Å². The molecule has 10 heteroatoms. The van der Waals surface area contributed by atoms with E-state index in [1.807, 2.05) is 34.9 Å². The summed E-state index contributed by atoms with van der Waals surface area (Å²) in [6.07, 6.45) is 2.34. The summed E-state index contributed by atoms with van der Waals surface area (Å²) in [5, 5.41) is 0.354. The van der Waals surface area contributed by atoms with E-state index in [2.05, 4.69) is 16.0 Å². The summed E-state index contributed by atoms with van der Waals surface area (Å²) in [7, 11) is 2.80. The first kappa shape index (κ1) is 25.0. The van der Waals surface area contributed by atoms with E-state index in [4.69, 9.17) is 20.9 Å². The first-order chi connectivity index (χ1) is 17.9. The molecule has 37 heavy (non-hydrogen) atoms. The highest BCUT2D eigenvalue weighted by atomic mass is 19.1. The van der Waals surface area contributed by atoms with Crippen molar-refractivity contribution >= 4 is 28.6 Å². The monoisotopic (exact) mass is 508 g/mol. The number of rotatable bonds is 5. The van der Waals surface area contributed by atoms with E-state index < -0.39 is 5.82 Å². The van der Waals surface area contributed by atoms with E-state index in [1.165, 1.54) is 19.8 Å². The summed E-state index contributed by atoms with van der Waals surface area (Å²) in [6, 6.07) is 9.32. The highest BCUT2D eigenvalue weighted by Crippen LogP contribution is 2.38. The smallest absolute Gasteiger partial charge is 0.228 e. The number of hydrogen-bond acceptors (Lipinski definition) is 8. The van der Waals surface area contributed by atoms with Crippen LogP contribution in [0.3, 0.4) is 0 Å². The van der Waals surface area contributed by atoms with Crippen molar-refractivity contribution < 1.29 is 18.7 Å². The molecular formula is C27H33FN6O3. The Bertz CT molecular complexity index is 1340. The molecule has 0 spiro atoms. The summed E-state index contributed by atoms with van der Waals surface area (Å²) >= 11 is 0. The molecule has 0 saturated carbocycles. The summed E-state index contributed by atoms with van der Waals surface area (Å²) in [5.41, 5.74) is 15.2. The summed E-state index contributed by atoms with van der Waals surface area (Å²) in [4.78, 5) is 26.5. The largest absolute Gasteiger partial charge is 0.493 e. The van der Waals surface area contributed by atoms with Gasteiger partial charge in [-0.15, -0.1) is 0 Å². The van der Waals surface area contributed by atoms with Crippen LogP contribution in [0.4, 0.5) is 16.2 Å². The number of hydrogen-bond donors (Lipinski definition) is 2. The number of anilines is 2. The van der Waals surface area contributed by atoms with Crippen LogP contribution in [-0.4, -0.2) is 60.7 Å². The number of carbonyl (C=O) groups excluding carboxylic acids is 1. The molecule has 5 rings (SSSR count). The molecule has 3 aromatic rings. The number of carbonyl (C=O) groups is 1. The Morgan fingerprint density at radius 2 is 1.97 bits per heavy atom. The molecule has 1 saturated heterocycles. The number of nitrogens with zero attached hydrogens (tertiary/aromatic N) is 4. The van der Waals surface area contributed by atoms with Crippen molar-refractivity contribution in [3.8, 4) is 11.5 Å². The van der Waals surface area contributed by atoms with Crippen LogP contribution in [0.15, 0.2) is 30.3 Å². The van der Waals surface area contributed by atoms with Crippen LogP contribution in [0.25, 0.3) is 10.9 Å². The first-order valence-corrected chi connectivity index (χ1v) is 12.6. The molecule has 1 aliphatic carbocycles. The maximum Gasteiger partial charge on any atom is 0.228 e. The van der Waals surface area contributed by atoms with Crippen molar-refractivity contribution in [1.29, 1.82) is 0 Å². The second-order valence-corrected chi connectivity index (χ2v) is 9.64. The van der Waals surface area contributed by atoms with Gasteiger partial charge in [0.05, 0.1) is 20.1 Å². The summed E-state index contributed by atoms with van der Waals surface area (Å²) in [6.45, 7) is 3.56. The third kappa shape index (κ3) is 4.29. The highest BCUT2D eigenvalue weighted by molar-refractivity contribution is 5.92. The van der Waals surface area contributed by atoms with Gasteiger partial charge in [-0.3, -0.25) is 4.79 Å². The van der Waals surface area contributed by atoms with Crippen LogP contribution in [0.2, 0.25) is 0 Å². The summed E-state index contributed by atoms with van der Waals surface area (Å²) < 4.78 is 25.7. The molecule has 1 aliphatic heterocycles. The van der Waals surface area contributed by atoms with Crippen molar-refractivity contribution in [1.82, 2.24) is 14.9 Å². The molecule has 2 aliphatic rings. The predicted molar refractivity (Wildman–Crippen MR) is 140 cm³/mol. The van der Waals surface area contributed by atoms with Crippen LogP contribution in [0.5, 0.6) is 11.5 Å². The number of ether oxygens (including phenoxy) is 2. The van der Waals surface area contributed by atoms with Gasteiger partial charge in [0.25, 0.3) is 0 Å². The number of piperazine rings is 1. The van der Waals surface area contributed by atoms with Gasteiger partial charge in [0.15, 0.2) is 17.3 Å². The Balaban J connectivity index is 1.39. The molecule has 2 aromatic carbocycles. The second-order valence-electron chi connectivity index (χ2n) is 9.64. The lowest BCUT2D eigenvalue weighted by atomic mass is 9.79. The number of aromatic nitrogens is 2. The Morgan fingerprint density at radius 1 is 1.19 bits per heavy atom. The van der Waals surface area contributed by atoms with Crippen molar-refractivity contribution in [2.45, 2.75) is 38.3 Å². The lowest BCUT2D eigenvalue weighted by Crippen LogP contribution is -2.57. The van der Waals surface area contributed by atoms with E-state index in [-0.39, 0.29) is 46.7 Å². The number of methoxy groups -OCH3 is 2. The molecule has 196 valence electrons. The Labute approximate surface area is 215 Å². The predicted octanol–water partition coefficient (Wildman–Crippen LogP) is 3.06. The molecule has 4 N–H and O–H groups in total. The van der Waals surface area contributed by atoms with Gasteiger partial charge < -0.3 is 30.7 Å². The molecule has 0 bridgehead atoms. The normalized spacial score (nSPS) is 21.6. The Morgan fingerprint density at radius 3 is 2.70 bits per heavy atom. The molecule has 1 amide bonds. The number of halogens is 1. The fourth-order valence-electron chi connectivity index (χ4n) is 5.64. The number of nitrogen functional groups attached to an aromatic ring is 1. The zero-order chi connectivity index (χ0) is 26.3. The quantitative estimate of drug-likeness (QED) is 0.540. The van der Waals surface area contributed by atoms with Crippen LogP contribution in [0.1, 0.15) is 36.9 Å². The van der Waals surface area contributed by atoms with Crippen molar-refractivity contribution in [2.75, 3.05) is 44.5 Å². The number of benzene rings is 2. The minimum Gasteiger partial charge on any atom is -0.493 e. The highest BCUT2D eigenvalue weighted by Gasteiger charge is 2.38. The minimum absolute atomic E-state index is 0.0353. The minimum atomic E-state index is -0.652. The molecule has 2 heterocycles. The third-order valence-electron chi connectivity index (χ3n) is 7.71. The third-order valence-corrected chi connectivity index (χ3v) is 7.71. The second kappa shape index (κ2) is 10.0. The van der Waals surface area contributed by atoms with Gasteiger partial charge in [-0.05, 0) is 36.5 Å². The van der Waals surface area contributed by atoms with E-state index >= 15 is 4.39 Å². The van der Waals surface area contributed by atoms with Crippen molar-refractivity contribution in [3.63, 3.8) is 0 Å². The zero-order valence-corrected chi connectivity index (χ0v) is 21.4. The van der Waals surface area contributed by atoms with Crippen LogP contribution in [0, 0.1) is 11.7 Å². The molecule has 9 nitrogen and oxygen atoms in total. The van der Waals surface area contributed by atoms with Crippen LogP contribution >= 0.6 is 0 Å². The van der Waals surface area contributed by atoms with E-state index in [0.717, 1.165) is 24.8 Å². The summed E-state index contributed by atoms with van der Waals surface area (Å²) in [5.74, 6) is -0.145. The number of amides is 1. The van der Waals surface area contributed by atoms with Gasteiger partial charge in [0.1, 0.15) is 11.3 Å². The SMILES string of the molecule is CC[C@H]1CN(C(=O)[C@@H]2CCc3ccccc3[C@@H]2N)CCN1c1nc(N)c2cc(OC)c(OC)c(F)c2n1. The average molecular weight is 509 g/mol.